The summed E-state index contributed by atoms with van der Waals surface area (Å²) >= 11 is 1.54. The van der Waals surface area contributed by atoms with Crippen LogP contribution in [0.3, 0.4) is 0 Å². The number of Topliss-reactive ketones (excluding diaryl/α,β-unsaturated/α-hetero) is 1. The second-order valence-electron chi connectivity index (χ2n) is 19.6. The largest absolute Gasteiger partial charge is 0.414 e. The smallest absolute Gasteiger partial charge is 0.192 e. The number of rotatable bonds is 11. The number of para-hydroxylation sites is 1. The Hall–Kier alpha value is -1.39. The van der Waals surface area contributed by atoms with Crippen LogP contribution in [0.4, 0.5) is 0 Å². The van der Waals surface area contributed by atoms with Crippen LogP contribution in [0.15, 0.2) is 47.6 Å². The molecule has 0 N–H and O–H groups in total. The highest BCUT2D eigenvalue weighted by atomic mass is 32.1. The molecule has 3 saturated carbocycles. The van der Waals surface area contributed by atoms with E-state index in [0.29, 0.717) is 28.7 Å². The quantitative estimate of drug-likeness (QED) is 0.170. The van der Waals surface area contributed by atoms with E-state index in [4.69, 9.17) is 8.85 Å². The van der Waals surface area contributed by atoms with E-state index in [1.165, 1.54) is 37.7 Å². The van der Waals surface area contributed by atoms with Crippen molar-refractivity contribution in [2.75, 3.05) is 0 Å². The van der Waals surface area contributed by atoms with Gasteiger partial charge in [0.05, 0.1) is 22.4 Å². The van der Waals surface area contributed by atoms with Crippen molar-refractivity contribution in [1.82, 2.24) is 4.98 Å². The molecule has 0 radical (unpaired) electrons. The lowest BCUT2D eigenvalue weighted by Gasteiger charge is -2.45. The number of hydrogen-bond acceptors (Lipinski definition) is 5. The summed E-state index contributed by atoms with van der Waals surface area (Å²) in [5, 5.41) is 1.07. The van der Waals surface area contributed by atoms with Gasteiger partial charge in [-0.2, -0.15) is 0 Å². The van der Waals surface area contributed by atoms with Crippen molar-refractivity contribution < 1.29 is 13.6 Å². The van der Waals surface area contributed by atoms with Crippen LogP contribution in [0.25, 0.3) is 10.2 Å². The molecule has 1 aromatic heterocycles. The van der Waals surface area contributed by atoms with E-state index in [2.05, 4.69) is 105 Å². The summed E-state index contributed by atoms with van der Waals surface area (Å²) in [5.74, 6) is 2.24. The van der Waals surface area contributed by atoms with Crippen LogP contribution >= 0.6 is 11.3 Å². The van der Waals surface area contributed by atoms with Crippen LogP contribution < -0.4 is 0 Å². The number of benzene rings is 1. The Morgan fingerprint density at radius 1 is 0.980 bits per heavy atom. The fraction of sp³-hybridized carbons (Fsp3) is 0.721. The van der Waals surface area contributed by atoms with Gasteiger partial charge in [0.1, 0.15) is 0 Å². The third-order valence-corrected chi connectivity index (χ3v) is 24.0. The number of nitrogens with zero attached hydrogens (tertiary/aromatic N) is 1. The highest BCUT2D eigenvalue weighted by molar-refractivity contribution is 7.20. The minimum atomic E-state index is -1.90. The van der Waals surface area contributed by atoms with Gasteiger partial charge in [-0.25, -0.2) is 4.98 Å². The molecule has 3 aliphatic carbocycles. The topological polar surface area (TPSA) is 48.4 Å². The molecular weight excluding hydrogens is 667 g/mol. The van der Waals surface area contributed by atoms with Crippen molar-refractivity contribution in [1.29, 1.82) is 0 Å². The molecule has 0 bridgehead atoms. The first-order chi connectivity index (χ1) is 23.2. The normalized spacial score (nSPS) is 28.2. The van der Waals surface area contributed by atoms with Gasteiger partial charge in [-0.3, -0.25) is 4.79 Å². The summed E-state index contributed by atoms with van der Waals surface area (Å²) in [6.45, 7) is 28.8. The average Bonchev–Trinajstić information content (AvgIpc) is 3.60. The zero-order chi connectivity index (χ0) is 36.7. The standard InChI is InChI=1S/C43H69NO3SSi2/c1-30(17-15-20-38(45)40-44-37-19-13-14-21-39(37)48-40)35-24-25-36-32(18-16-26-43(35,36)8)23-22-31-27-33(46-49(9,10)41(2,3)4)29-34(28-31)47-50(11,12)42(5,6)7/h13-14,19,21-23,30,33-36H,15-18,20,24-29H2,1-12H3/b32-23+/t30-,33-,34-,35-,36+,43-/m1/s1. The molecule has 2 aromatic rings. The van der Waals surface area contributed by atoms with Crippen LogP contribution in [-0.2, 0) is 8.85 Å². The number of carbonyl (C=O) groups excluding carboxylic acids is 1. The van der Waals surface area contributed by atoms with E-state index in [1.807, 2.05) is 18.2 Å². The van der Waals surface area contributed by atoms with Gasteiger partial charge >= 0.3 is 0 Å². The van der Waals surface area contributed by atoms with Crippen LogP contribution in [-0.4, -0.2) is 39.6 Å². The van der Waals surface area contributed by atoms with Gasteiger partial charge in [0.25, 0.3) is 0 Å². The summed E-state index contributed by atoms with van der Waals surface area (Å²) in [4.78, 5) is 17.7. The van der Waals surface area contributed by atoms with Crippen molar-refractivity contribution in [3.05, 3.63) is 52.6 Å². The summed E-state index contributed by atoms with van der Waals surface area (Å²) in [6.07, 6.45) is 17.8. The second-order valence-corrected chi connectivity index (χ2v) is 30.1. The SMILES string of the molecule is C[C@H](CCCC(=O)c1nc2ccccc2s1)[C@H]1CC[C@H]2/C(=C/C=C3C[C@@H](O[Si](C)(C)C(C)(C)C)C[C@H](O[Si](C)(C)C(C)(C)C)C3)CCC[C@]12C. The van der Waals surface area contributed by atoms with Crippen LogP contribution in [0.1, 0.15) is 136 Å². The summed E-state index contributed by atoms with van der Waals surface area (Å²) < 4.78 is 15.3. The van der Waals surface area contributed by atoms with E-state index in [9.17, 15) is 4.79 Å². The van der Waals surface area contributed by atoms with Gasteiger partial charge in [0.15, 0.2) is 27.4 Å². The number of hydrogen-bond donors (Lipinski definition) is 0. The molecule has 3 aliphatic rings. The molecule has 3 fully saturated rings. The van der Waals surface area contributed by atoms with Gasteiger partial charge < -0.3 is 8.85 Å². The lowest BCUT2D eigenvalue weighted by atomic mass is 9.60. The van der Waals surface area contributed by atoms with Crippen LogP contribution in [0.5, 0.6) is 0 Å². The van der Waals surface area contributed by atoms with E-state index < -0.39 is 16.6 Å². The van der Waals surface area contributed by atoms with Gasteiger partial charge in [-0.1, -0.05) is 90.8 Å². The molecule has 278 valence electrons. The van der Waals surface area contributed by atoms with Gasteiger partial charge in [-0.15, -0.1) is 11.3 Å². The number of ketones is 1. The Morgan fingerprint density at radius 3 is 2.20 bits per heavy atom. The molecule has 1 heterocycles. The monoisotopic (exact) mass is 735 g/mol. The van der Waals surface area contributed by atoms with Crippen molar-refractivity contribution in [2.24, 2.45) is 23.2 Å². The first kappa shape index (κ1) is 39.8. The Bertz CT molecular complexity index is 1490. The zero-order valence-electron chi connectivity index (χ0n) is 33.7. The van der Waals surface area contributed by atoms with Crippen molar-refractivity contribution >= 4 is 44.0 Å². The van der Waals surface area contributed by atoms with Crippen LogP contribution in [0, 0.1) is 23.2 Å². The molecular formula is C43H69NO3SSi2. The van der Waals surface area contributed by atoms with E-state index in [-0.39, 0.29) is 28.1 Å². The first-order valence-corrected chi connectivity index (χ1v) is 26.5. The van der Waals surface area contributed by atoms with Crippen molar-refractivity contribution in [3.63, 3.8) is 0 Å². The molecule has 7 heteroatoms. The fourth-order valence-electron chi connectivity index (χ4n) is 8.95. The van der Waals surface area contributed by atoms with E-state index in [0.717, 1.165) is 48.2 Å². The molecule has 0 saturated heterocycles. The molecule has 5 rings (SSSR count). The summed E-state index contributed by atoms with van der Waals surface area (Å²) in [6, 6.07) is 8.08. The van der Waals surface area contributed by atoms with E-state index in [1.54, 1.807) is 16.9 Å². The Labute approximate surface area is 311 Å². The van der Waals surface area contributed by atoms with Crippen LogP contribution in [0.2, 0.25) is 36.3 Å². The number of thiazole rings is 1. The minimum absolute atomic E-state index is 0.195. The number of allylic oxidation sites excluding steroid dienone is 3. The van der Waals surface area contributed by atoms with Crippen molar-refractivity contribution in [3.8, 4) is 0 Å². The van der Waals surface area contributed by atoms with Gasteiger partial charge in [0, 0.05) is 6.42 Å². The van der Waals surface area contributed by atoms with E-state index >= 15 is 0 Å². The fourth-order valence-corrected chi connectivity index (χ4v) is 12.6. The molecule has 0 amide bonds. The first-order valence-electron chi connectivity index (χ1n) is 19.8. The highest BCUT2D eigenvalue weighted by Crippen LogP contribution is 2.60. The predicted molar refractivity (Wildman–Crippen MR) is 219 cm³/mol. The Kier molecular flexibility index (Phi) is 12.1. The maximum Gasteiger partial charge on any atom is 0.192 e. The molecule has 50 heavy (non-hydrogen) atoms. The Balaban J connectivity index is 1.26. The molecule has 0 aliphatic heterocycles. The number of aromatic nitrogens is 1. The lowest BCUT2D eigenvalue weighted by Crippen LogP contribution is -2.48. The summed E-state index contributed by atoms with van der Waals surface area (Å²) in [7, 11) is -3.79. The zero-order valence-corrected chi connectivity index (χ0v) is 36.5. The molecule has 6 atom stereocenters. The molecule has 4 nitrogen and oxygen atoms in total. The maximum absolute atomic E-state index is 13.0. The average molecular weight is 736 g/mol. The maximum atomic E-state index is 13.0. The Morgan fingerprint density at radius 2 is 1.60 bits per heavy atom. The molecule has 1 aromatic carbocycles. The van der Waals surface area contributed by atoms with Gasteiger partial charge in [0.2, 0.25) is 0 Å². The lowest BCUT2D eigenvalue weighted by molar-refractivity contribution is 0.0724. The number of fused-ring (bicyclic) bond motifs is 2. The highest BCUT2D eigenvalue weighted by Gasteiger charge is 2.50. The number of carbonyl (C=O) groups is 1. The van der Waals surface area contributed by atoms with Gasteiger partial charge in [-0.05, 0) is 136 Å². The summed E-state index contributed by atoms with van der Waals surface area (Å²) in [5.41, 5.74) is 4.50. The second kappa shape index (κ2) is 15.2. The third-order valence-electron chi connectivity index (χ3n) is 13.9. The third kappa shape index (κ3) is 8.86. The molecule has 0 unspecified atom stereocenters. The minimum Gasteiger partial charge on any atom is -0.414 e. The van der Waals surface area contributed by atoms with Crippen molar-refractivity contribution in [2.45, 2.75) is 174 Å². The molecule has 0 spiro atoms. The predicted octanol–water partition coefficient (Wildman–Crippen LogP) is 13.3.